The number of aromatic nitrogens is 3. The van der Waals surface area contributed by atoms with E-state index in [9.17, 15) is 0 Å². The molecule has 0 aliphatic carbocycles. The predicted molar refractivity (Wildman–Crippen MR) is 69.7 cm³/mol. The molecule has 0 saturated heterocycles. The van der Waals surface area contributed by atoms with E-state index in [1.807, 2.05) is 18.2 Å². The minimum Gasteiger partial charge on any atom is -0.396 e. The summed E-state index contributed by atoms with van der Waals surface area (Å²) >= 11 is 0. The van der Waals surface area contributed by atoms with E-state index in [0.717, 1.165) is 11.5 Å². The monoisotopic (exact) mass is 245 g/mol. The Bertz CT molecular complexity index is 477. The molecule has 3 N–H and O–H groups in total. The normalized spacial score (nSPS) is 10.1. The fourth-order valence-electron chi connectivity index (χ4n) is 1.40. The maximum absolute atomic E-state index is 8.70. The minimum atomic E-state index is 0.166. The van der Waals surface area contributed by atoms with Crippen LogP contribution in [0.1, 0.15) is 6.42 Å². The third kappa shape index (κ3) is 3.67. The van der Waals surface area contributed by atoms with E-state index in [2.05, 4.69) is 25.6 Å². The summed E-state index contributed by atoms with van der Waals surface area (Å²) in [4.78, 5) is 12.2. The largest absolute Gasteiger partial charge is 0.396 e. The highest BCUT2D eigenvalue weighted by Gasteiger charge is 1.99. The van der Waals surface area contributed by atoms with Crippen LogP contribution in [0, 0.1) is 0 Å². The fourth-order valence-corrected chi connectivity index (χ4v) is 1.40. The molecule has 18 heavy (non-hydrogen) atoms. The molecule has 0 unspecified atom stereocenters. The summed E-state index contributed by atoms with van der Waals surface area (Å²) in [5, 5.41) is 14.9. The number of nitrogens with zero attached hydrogens (tertiary/aromatic N) is 3. The smallest absolute Gasteiger partial charge is 0.135 e. The van der Waals surface area contributed by atoms with Crippen molar-refractivity contribution in [2.75, 3.05) is 23.8 Å². The Morgan fingerprint density at radius 3 is 2.89 bits per heavy atom. The summed E-state index contributed by atoms with van der Waals surface area (Å²) in [6.45, 7) is 0.846. The van der Waals surface area contributed by atoms with Gasteiger partial charge < -0.3 is 15.7 Å². The van der Waals surface area contributed by atoms with Gasteiger partial charge in [0.2, 0.25) is 0 Å². The first-order valence-corrected chi connectivity index (χ1v) is 5.72. The van der Waals surface area contributed by atoms with Crippen molar-refractivity contribution in [1.82, 2.24) is 15.0 Å². The molecule has 0 aliphatic rings. The van der Waals surface area contributed by atoms with Crippen LogP contribution in [0.3, 0.4) is 0 Å². The van der Waals surface area contributed by atoms with Crippen LogP contribution in [0.4, 0.5) is 17.3 Å². The number of nitrogens with one attached hydrogen (secondary N) is 2. The summed E-state index contributed by atoms with van der Waals surface area (Å²) < 4.78 is 0. The molecule has 2 rings (SSSR count). The van der Waals surface area contributed by atoms with Crippen LogP contribution in [0.15, 0.2) is 36.9 Å². The van der Waals surface area contributed by atoms with Crippen LogP contribution >= 0.6 is 0 Å². The molecule has 2 heterocycles. The average Bonchev–Trinajstić information content (AvgIpc) is 2.41. The number of aliphatic hydroxyl groups is 1. The molecule has 6 heteroatoms. The maximum Gasteiger partial charge on any atom is 0.135 e. The lowest BCUT2D eigenvalue weighted by Gasteiger charge is -2.07. The van der Waals surface area contributed by atoms with Crippen molar-refractivity contribution >= 4 is 17.3 Å². The molecule has 0 saturated carbocycles. The van der Waals surface area contributed by atoms with Gasteiger partial charge in [0.25, 0.3) is 0 Å². The second-order valence-electron chi connectivity index (χ2n) is 3.66. The minimum absolute atomic E-state index is 0.166. The Kier molecular flexibility index (Phi) is 4.43. The lowest BCUT2D eigenvalue weighted by atomic mass is 10.4. The Morgan fingerprint density at radius 2 is 2.11 bits per heavy atom. The molecule has 2 aromatic heterocycles. The van der Waals surface area contributed by atoms with E-state index in [1.54, 1.807) is 12.4 Å². The van der Waals surface area contributed by atoms with Gasteiger partial charge in [0, 0.05) is 25.4 Å². The Hall–Kier alpha value is -2.21. The van der Waals surface area contributed by atoms with Crippen molar-refractivity contribution < 1.29 is 5.11 Å². The van der Waals surface area contributed by atoms with Gasteiger partial charge in [-0.1, -0.05) is 0 Å². The van der Waals surface area contributed by atoms with E-state index in [4.69, 9.17) is 5.11 Å². The van der Waals surface area contributed by atoms with E-state index < -0.39 is 0 Å². The highest BCUT2D eigenvalue weighted by atomic mass is 16.3. The first-order valence-electron chi connectivity index (χ1n) is 5.72. The molecular formula is C12H15N5O. The van der Waals surface area contributed by atoms with Crippen molar-refractivity contribution in [3.8, 4) is 0 Å². The number of rotatable bonds is 6. The lowest BCUT2D eigenvalue weighted by molar-refractivity contribution is 0.292. The second kappa shape index (κ2) is 6.51. The number of pyridine rings is 1. The molecule has 0 aliphatic heterocycles. The molecule has 0 radical (unpaired) electrons. The molecular weight excluding hydrogens is 230 g/mol. The Labute approximate surface area is 105 Å². The van der Waals surface area contributed by atoms with Crippen molar-refractivity contribution in [2.24, 2.45) is 0 Å². The SMILES string of the molecule is OCCCNc1cc(Nc2cccnc2)ncn1. The standard InChI is InChI=1S/C12H15N5O/c18-6-2-5-14-11-7-12(16-9-15-11)17-10-3-1-4-13-8-10/h1,3-4,7-9,18H,2,5-6H2,(H2,14,15,16,17). The van der Waals surface area contributed by atoms with Crippen molar-refractivity contribution in [3.05, 3.63) is 36.9 Å². The van der Waals surface area contributed by atoms with Gasteiger partial charge in [0.05, 0.1) is 11.9 Å². The predicted octanol–water partition coefficient (Wildman–Crippen LogP) is 1.41. The van der Waals surface area contributed by atoms with E-state index in [-0.39, 0.29) is 6.61 Å². The van der Waals surface area contributed by atoms with Gasteiger partial charge in [-0.25, -0.2) is 9.97 Å². The molecule has 6 nitrogen and oxygen atoms in total. The van der Waals surface area contributed by atoms with Gasteiger partial charge in [-0.2, -0.15) is 0 Å². The molecule has 2 aromatic rings. The first-order chi connectivity index (χ1) is 8.88. The van der Waals surface area contributed by atoms with E-state index >= 15 is 0 Å². The molecule has 0 spiro atoms. The number of hydrogen-bond donors (Lipinski definition) is 3. The van der Waals surface area contributed by atoms with Crippen LogP contribution in [0.5, 0.6) is 0 Å². The highest BCUT2D eigenvalue weighted by molar-refractivity contribution is 5.57. The lowest BCUT2D eigenvalue weighted by Crippen LogP contribution is -2.06. The van der Waals surface area contributed by atoms with E-state index in [1.165, 1.54) is 6.33 Å². The zero-order chi connectivity index (χ0) is 12.6. The summed E-state index contributed by atoms with van der Waals surface area (Å²) in [6.07, 6.45) is 5.61. The maximum atomic E-state index is 8.70. The Balaban J connectivity index is 1.99. The van der Waals surface area contributed by atoms with Crippen LogP contribution in [-0.4, -0.2) is 33.2 Å². The number of anilines is 3. The third-order valence-corrected chi connectivity index (χ3v) is 2.24. The van der Waals surface area contributed by atoms with E-state index in [0.29, 0.717) is 18.8 Å². The fraction of sp³-hybridized carbons (Fsp3) is 0.250. The third-order valence-electron chi connectivity index (χ3n) is 2.24. The van der Waals surface area contributed by atoms with Gasteiger partial charge in [-0.15, -0.1) is 0 Å². The second-order valence-corrected chi connectivity index (χ2v) is 3.66. The van der Waals surface area contributed by atoms with Crippen LogP contribution in [0.2, 0.25) is 0 Å². The molecule has 0 fully saturated rings. The molecule has 0 bridgehead atoms. The summed E-state index contributed by atoms with van der Waals surface area (Å²) in [7, 11) is 0. The first kappa shape index (κ1) is 12.3. The quantitative estimate of drug-likeness (QED) is 0.667. The number of hydrogen-bond acceptors (Lipinski definition) is 6. The van der Waals surface area contributed by atoms with Crippen LogP contribution < -0.4 is 10.6 Å². The number of aliphatic hydroxyl groups excluding tert-OH is 1. The summed E-state index contributed by atoms with van der Waals surface area (Å²) in [5.41, 5.74) is 0.873. The van der Waals surface area contributed by atoms with Gasteiger partial charge in [-0.3, -0.25) is 4.98 Å². The van der Waals surface area contributed by atoms with Crippen molar-refractivity contribution in [3.63, 3.8) is 0 Å². The summed E-state index contributed by atoms with van der Waals surface area (Å²) in [6, 6.07) is 5.57. The molecule has 0 amide bonds. The molecule has 0 aromatic carbocycles. The average molecular weight is 245 g/mol. The van der Waals surface area contributed by atoms with Gasteiger partial charge in [0.15, 0.2) is 0 Å². The van der Waals surface area contributed by atoms with Gasteiger partial charge >= 0.3 is 0 Å². The highest BCUT2D eigenvalue weighted by Crippen LogP contribution is 2.14. The molecule has 0 atom stereocenters. The van der Waals surface area contributed by atoms with Gasteiger partial charge in [-0.05, 0) is 18.6 Å². The topological polar surface area (TPSA) is 83.0 Å². The van der Waals surface area contributed by atoms with Crippen molar-refractivity contribution in [2.45, 2.75) is 6.42 Å². The van der Waals surface area contributed by atoms with Gasteiger partial charge in [0.1, 0.15) is 18.0 Å². The zero-order valence-corrected chi connectivity index (χ0v) is 9.87. The van der Waals surface area contributed by atoms with Crippen LogP contribution in [0.25, 0.3) is 0 Å². The molecule has 94 valence electrons. The zero-order valence-electron chi connectivity index (χ0n) is 9.87. The van der Waals surface area contributed by atoms with Crippen LogP contribution in [-0.2, 0) is 0 Å². The Morgan fingerprint density at radius 1 is 1.22 bits per heavy atom. The van der Waals surface area contributed by atoms with Crippen molar-refractivity contribution in [1.29, 1.82) is 0 Å². The summed E-state index contributed by atoms with van der Waals surface area (Å²) in [5.74, 6) is 1.43.